The molecule has 0 aromatic rings. The molecule has 0 saturated carbocycles. The van der Waals surface area contributed by atoms with Crippen molar-refractivity contribution in [1.29, 1.82) is 0 Å². The number of amidine groups is 1. The third-order valence-corrected chi connectivity index (χ3v) is 2.35. The topological polar surface area (TPSA) is 75.1 Å². The molecular formula is C5H5Cl2N5. The highest BCUT2D eigenvalue weighted by Crippen LogP contribution is 2.31. The summed E-state index contributed by atoms with van der Waals surface area (Å²) in [6.07, 6.45) is 2.77. The normalized spacial score (nSPS) is 43.8. The minimum Gasteiger partial charge on any atom is -0.349 e. The number of alkyl halides is 1. The summed E-state index contributed by atoms with van der Waals surface area (Å²) < 4.78 is 0. The van der Waals surface area contributed by atoms with Crippen molar-refractivity contribution >= 4 is 41.0 Å². The number of nitrogens with zero attached hydrogens (tertiary/aromatic N) is 3. The number of nitrogens with one attached hydrogen (secondary N) is 1. The zero-order valence-electron chi connectivity index (χ0n) is 5.83. The summed E-state index contributed by atoms with van der Waals surface area (Å²) in [5.74, 6) is -1.27. The van der Waals surface area contributed by atoms with Gasteiger partial charge in [0, 0.05) is 0 Å². The fraction of sp³-hybridized carbons (Fsp3) is 0.400. The molecule has 0 saturated heterocycles. The number of fused-ring (bicyclic) bond motifs is 1. The van der Waals surface area contributed by atoms with Gasteiger partial charge in [0.25, 0.3) is 0 Å². The van der Waals surface area contributed by atoms with Gasteiger partial charge in [0.1, 0.15) is 0 Å². The molecule has 2 rings (SSSR count). The van der Waals surface area contributed by atoms with Crippen molar-refractivity contribution in [3.8, 4) is 0 Å². The van der Waals surface area contributed by atoms with Crippen molar-refractivity contribution in [2.24, 2.45) is 20.7 Å². The third-order valence-electron chi connectivity index (χ3n) is 1.68. The van der Waals surface area contributed by atoms with Crippen LogP contribution in [0.4, 0.5) is 0 Å². The highest BCUT2D eigenvalue weighted by atomic mass is 35.5. The highest BCUT2D eigenvalue weighted by molar-refractivity contribution is 6.66. The monoisotopic (exact) mass is 205 g/mol. The lowest BCUT2D eigenvalue weighted by atomic mass is 10.2. The average molecular weight is 206 g/mol. The minimum atomic E-state index is -1.27. The van der Waals surface area contributed by atoms with E-state index in [9.17, 15) is 0 Å². The number of aliphatic imine (C=N–C) groups is 3. The van der Waals surface area contributed by atoms with Crippen molar-refractivity contribution in [1.82, 2.24) is 5.32 Å². The zero-order valence-corrected chi connectivity index (χ0v) is 7.34. The maximum absolute atomic E-state index is 6.00. The molecule has 3 N–H and O–H groups in total. The quantitative estimate of drug-likeness (QED) is 0.427. The van der Waals surface area contributed by atoms with Gasteiger partial charge in [-0.3, -0.25) is 5.73 Å². The van der Waals surface area contributed by atoms with Crippen LogP contribution in [0.2, 0.25) is 0 Å². The van der Waals surface area contributed by atoms with Crippen LogP contribution in [0.3, 0.4) is 0 Å². The molecular weight excluding hydrogens is 201 g/mol. The first-order chi connectivity index (χ1) is 5.56. The summed E-state index contributed by atoms with van der Waals surface area (Å²) in [4.78, 5) is 10.3. The number of hydrogen-bond acceptors (Lipinski definition) is 5. The molecule has 2 atom stereocenters. The second-order valence-electron chi connectivity index (χ2n) is 2.48. The van der Waals surface area contributed by atoms with Gasteiger partial charge >= 0.3 is 0 Å². The molecule has 2 aliphatic heterocycles. The third kappa shape index (κ3) is 0.872. The molecule has 0 fully saturated rings. The Balaban J connectivity index is 2.49. The molecule has 0 aromatic carbocycles. The fourth-order valence-electron chi connectivity index (χ4n) is 0.979. The van der Waals surface area contributed by atoms with Crippen LogP contribution in [0.25, 0.3) is 0 Å². The summed E-state index contributed by atoms with van der Waals surface area (Å²) >= 11 is 11.5. The lowest BCUT2D eigenvalue weighted by Gasteiger charge is -2.31. The Hall–Kier alpha value is -0.650. The largest absolute Gasteiger partial charge is 0.349 e. The summed E-state index contributed by atoms with van der Waals surface area (Å²) in [6.45, 7) is 0. The Morgan fingerprint density at radius 3 is 3.08 bits per heavy atom. The smallest absolute Gasteiger partial charge is 0.249 e. The first kappa shape index (κ1) is 7.97. The van der Waals surface area contributed by atoms with E-state index in [0.29, 0.717) is 0 Å². The lowest BCUT2D eigenvalue weighted by molar-refractivity contribution is 0.410. The van der Waals surface area contributed by atoms with E-state index in [1.807, 2.05) is 0 Å². The standard InChI is InChI=1S/C5H5Cl2N5/c6-3-9-1-4(7)5(8,12-3)11-2-10-4/h1-2H,8H2,(H,10,11). The maximum atomic E-state index is 6.00. The van der Waals surface area contributed by atoms with E-state index < -0.39 is 10.8 Å². The fourth-order valence-corrected chi connectivity index (χ4v) is 1.35. The van der Waals surface area contributed by atoms with Crippen LogP contribution in [-0.4, -0.2) is 28.6 Å². The van der Waals surface area contributed by atoms with Crippen LogP contribution in [0.15, 0.2) is 15.0 Å². The van der Waals surface area contributed by atoms with E-state index in [0.717, 1.165) is 0 Å². The number of nitrogens with two attached hydrogens (primary N) is 1. The summed E-state index contributed by atoms with van der Waals surface area (Å²) in [5.41, 5.74) is 5.73. The molecule has 2 unspecified atom stereocenters. The molecule has 64 valence electrons. The van der Waals surface area contributed by atoms with Gasteiger partial charge in [-0.15, -0.1) is 0 Å². The van der Waals surface area contributed by atoms with Gasteiger partial charge in [0.15, 0.2) is 0 Å². The molecule has 0 aromatic heterocycles. The number of halogens is 2. The molecule has 7 heteroatoms. The summed E-state index contributed by atoms with van der Waals surface area (Å²) in [6, 6.07) is 0. The molecule has 2 heterocycles. The molecule has 0 aliphatic carbocycles. The summed E-state index contributed by atoms with van der Waals surface area (Å²) in [7, 11) is 0. The van der Waals surface area contributed by atoms with Crippen molar-refractivity contribution < 1.29 is 0 Å². The molecule has 2 aliphatic rings. The average Bonchev–Trinajstić information content (AvgIpc) is 2.26. The van der Waals surface area contributed by atoms with Crippen LogP contribution in [0.1, 0.15) is 0 Å². The van der Waals surface area contributed by atoms with Gasteiger partial charge in [-0.1, -0.05) is 11.6 Å². The first-order valence-electron chi connectivity index (χ1n) is 3.15. The zero-order chi connectivity index (χ0) is 8.82. The minimum absolute atomic E-state index is 0.0506. The first-order valence-corrected chi connectivity index (χ1v) is 3.91. The summed E-state index contributed by atoms with van der Waals surface area (Å²) in [5, 5.41) is 2.78. The molecule has 0 spiro atoms. The van der Waals surface area contributed by atoms with E-state index in [1.165, 1.54) is 12.6 Å². The second kappa shape index (κ2) is 2.18. The van der Waals surface area contributed by atoms with E-state index in [1.54, 1.807) is 0 Å². The molecule has 12 heavy (non-hydrogen) atoms. The van der Waals surface area contributed by atoms with Crippen molar-refractivity contribution in [3.05, 3.63) is 0 Å². The van der Waals surface area contributed by atoms with Gasteiger partial charge in [-0.2, -0.15) is 0 Å². The van der Waals surface area contributed by atoms with Crippen molar-refractivity contribution in [2.45, 2.75) is 10.8 Å². The molecule has 0 amide bonds. The molecule has 0 radical (unpaired) electrons. The Bertz CT molecular complexity index is 311. The van der Waals surface area contributed by atoms with Gasteiger partial charge in [-0.05, 0) is 11.6 Å². The van der Waals surface area contributed by atoms with Gasteiger partial charge < -0.3 is 5.32 Å². The molecule has 0 bridgehead atoms. The Labute approximate surface area is 78.4 Å². The van der Waals surface area contributed by atoms with E-state index in [-0.39, 0.29) is 5.29 Å². The Morgan fingerprint density at radius 2 is 2.33 bits per heavy atom. The van der Waals surface area contributed by atoms with Crippen LogP contribution >= 0.6 is 23.2 Å². The van der Waals surface area contributed by atoms with Gasteiger partial charge in [0.2, 0.25) is 16.1 Å². The predicted molar refractivity (Wildman–Crippen MR) is 48.9 cm³/mol. The van der Waals surface area contributed by atoms with Crippen LogP contribution in [-0.2, 0) is 0 Å². The van der Waals surface area contributed by atoms with Gasteiger partial charge in [0.05, 0.1) is 12.6 Å². The Kier molecular flexibility index (Phi) is 1.45. The van der Waals surface area contributed by atoms with Crippen LogP contribution in [0.5, 0.6) is 0 Å². The SMILES string of the molecule is NC12N=CNC1(Cl)C=NC(Cl)=N2. The van der Waals surface area contributed by atoms with Crippen molar-refractivity contribution in [3.63, 3.8) is 0 Å². The second-order valence-corrected chi connectivity index (χ2v) is 3.41. The lowest BCUT2D eigenvalue weighted by Crippen LogP contribution is -2.60. The van der Waals surface area contributed by atoms with E-state index in [2.05, 4.69) is 20.3 Å². The highest BCUT2D eigenvalue weighted by Gasteiger charge is 2.52. The molecule has 5 nitrogen and oxygen atoms in total. The number of rotatable bonds is 0. The van der Waals surface area contributed by atoms with Crippen LogP contribution < -0.4 is 11.1 Å². The van der Waals surface area contributed by atoms with E-state index >= 15 is 0 Å². The van der Waals surface area contributed by atoms with E-state index in [4.69, 9.17) is 28.9 Å². The number of hydrogen-bond donors (Lipinski definition) is 2. The van der Waals surface area contributed by atoms with Gasteiger partial charge in [-0.25, -0.2) is 15.0 Å². The van der Waals surface area contributed by atoms with Crippen LogP contribution in [0, 0.1) is 0 Å². The Morgan fingerprint density at radius 1 is 1.58 bits per heavy atom. The maximum Gasteiger partial charge on any atom is 0.249 e. The van der Waals surface area contributed by atoms with Crippen molar-refractivity contribution in [2.75, 3.05) is 0 Å². The predicted octanol–water partition coefficient (Wildman–Crippen LogP) is -0.155.